The Bertz CT molecular complexity index is 1270. The second-order valence-electron chi connectivity index (χ2n) is 6.73. The van der Waals surface area contributed by atoms with Gasteiger partial charge in [0.2, 0.25) is 11.6 Å². The number of rotatable bonds is 8. The van der Waals surface area contributed by atoms with Gasteiger partial charge in [-0.1, -0.05) is 54.1 Å². The summed E-state index contributed by atoms with van der Waals surface area (Å²) in [6, 6.07) is 16.9. The minimum Gasteiger partial charge on any atom is -0.378 e. The van der Waals surface area contributed by atoms with E-state index in [4.69, 9.17) is 17.3 Å². The molecule has 12 heteroatoms. The van der Waals surface area contributed by atoms with Gasteiger partial charge in [0, 0.05) is 15.7 Å². The minimum absolute atomic E-state index is 0.0277. The number of carbonyl (C=O) groups is 1. The van der Waals surface area contributed by atoms with E-state index in [2.05, 4.69) is 35.8 Å². The highest BCUT2D eigenvalue weighted by atomic mass is 35.5. The molecule has 0 radical (unpaired) electrons. The first-order valence-corrected chi connectivity index (χ1v) is 11.3. The lowest BCUT2D eigenvalue weighted by atomic mass is 10.1. The van der Waals surface area contributed by atoms with Crippen LogP contribution in [0.25, 0.3) is 5.82 Å². The van der Waals surface area contributed by atoms with Gasteiger partial charge in [-0.3, -0.25) is 4.79 Å². The second kappa shape index (κ2) is 10.3. The number of aromatic nitrogens is 5. The molecule has 0 saturated heterocycles. The third-order valence-electron chi connectivity index (χ3n) is 4.60. The summed E-state index contributed by atoms with van der Waals surface area (Å²) in [5, 5.41) is 20.4. The molecule has 0 unspecified atom stereocenters. The molecule has 0 spiro atoms. The molecular weight excluding hydrogens is 464 g/mol. The summed E-state index contributed by atoms with van der Waals surface area (Å²) in [5.41, 5.74) is 10.6. The molecule has 0 atom stereocenters. The van der Waals surface area contributed by atoms with Gasteiger partial charge in [0.05, 0.1) is 11.4 Å². The lowest BCUT2D eigenvalue weighted by Gasteiger charge is -2.07. The number of nitrogens with one attached hydrogen (secondary N) is 1. The summed E-state index contributed by atoms with van der Waals surface area (Å²) < 4.78 is 6.02. The summed E-state index contributed by atoms with van der Waals surface area (Å²) in [6.07, 6.45) is 0.636. The minimum atomic E-state index is -0.509. The molecule has 2 aromatic heterocycles. The van der Waals surface area contributed by atoms with Crippen molar-refractivity contribution in [3.05, 3.63) is 76.6 Å². The van der Waals surface area contributed by atoms with Crippen LogP contribution in [0.3, 0.4) is 0 Å². The number of nitrogen functional groups attached to an aromatic ring is 1. The van der Waals surface area contributed by atoms with Crippen LogP contribution in [0, 0.1) is 0 Å². The number of nitrogens with two attached hydrogens (primary N) is 1. The third-order valence-corrected chi connectivity index (χ3v) is 5.87. The summed E-state index contributed by atoms with van der Waals surface area (Å²) in [5.74, 6) is 0.00678. The molecule has 10 nitrogen and oxygen atoms in total. The number of hydrogen-bond donors (Lipinski definition) is 2. The molecule has 2 aromatic carbocycles. The van der Waals surface area contributed by atoms with Gasteiger partial charge < -0.3 is 5.73 Å². The molecule has 0 aliphatic heterocycles. The second-order valence-corrected chi connectivity index (χ2v) is 8.22. The zero-order valence-corrected chi connectivity index (χ0v) is 19.0. The predicted octanol–water partition coefficient (Wildman–Crippen LogP) is 3.72. The third kappa shape index (κ3) is 5.21. The molecule has 4 aromatic rings. The first kappa shape index (κ1) is 22.5. The normalized spacial score (nSPS) is 11.5. The van der Waals surface area contributed by atoms with E-state index in [-0.39, 0.29) is 17.3 Å². The van der Waals surface area contributed by atoms with Gasteiger partial charge in [0.1, 0.15) is 0 Å². The van der Waals surface area contributed by atoms with Gasteiger partial charge in [-0.25, -0.2) is 10.1 Å². The van der Waals surface area contributed by atoms with Crippen molar-refractivity contribution in [2.75, 3.05) is 5.73 Å². The van der Waals surface area contributed by atoms with Crippen LogP contribution < -0.4 is 11.2 Å². The van der Waals surface area contributed by atoms with Gasteiger partial charge in [-0.2, -0.15) is 9.78 Å². The highest BCUT2D eigenvalue weighted by molar-refractivity contribution is 7.98. The number of nitrogens with zero attached hydrogens (tertiary/aromatic N) is 6. The molecule has 33 heavy (non-hydrogen) atoms. The van der Waals surface area contributed by atoms with Gasteiger partial charge in [-0.05, 0) is 46.6 Å². The standard InChI is InChI=1S/C21H19ClN8O2S/c1-2-16(13-6-4-3-5-7-13)24-26-21(31)18-17(12-33-15-10-8-14(22)9-11-15)30(29-25-18)20-19(23)27-32-28-20/h3-11H,2,12H2,1H3,(H2,23,27)(H,26,31)/b24-16-. The van der Waals surface area contributed by atoms with E-state index in [9.17, 15) is 4.79 Å². The lowest BCUT2D eigenvalue weighted by molar-refractivity contribution is 0.0949. The van der Waals surface area contributed by atoms with E-state index in [1.54, 1.807) is 12.1 Å². The van der Waals surface area contributed by atoms with E-state index in [0.717, 1.165) is 16.2 Å². The van der Waals surface area contributed by atoms with Crippen LogP contribution in [0.5, 0.6) is 0 Å². The summed E-state index contributed by atoms with van der Waals surface area (Å²) in [6.45, 7) is 1.96. The highest BCUT2D eigenvalue weighted by Gasteiger charge is 2.24. The Labute approximate surface area is 198 Å². The summed E-state index contributed by atoms with van der Waals surface area (Å²) >= 11 is 7.43. The smallest absolute Gasteiger partial charge is 0.293 e. The number of benzene rings is 2. The molecule has 1 amide bonds. The predicted molar refractivity (Wildman–Crippen MR) is 125 cm³/mol. The van der Waals surface area contributed by atoms with Crippen LogP contribution in [-0.4, -0.2) is 36.9 Å². The van der Waals surface area contributed by atoms with E-state index in [1.165, 1.54) is 16.4 Å². The molecule has 0 aliphatic carbocycles. The average Bonchev–Trinajstić information content (AvgIpc) is 3.45. The number of hydrazone groups is 1. The Morgan fingerprint density at radius 2 is 1.94 bits per heavy atom. The fourth-order valence-electron chi connectivity index (χ4n) is 2.95. The maximum absolute atomic E-state index is 13.0. The van der Waals surface area contributed by atoms with Crippen molar-refractivity contribution < 1.29 is 9.42 Å². The number of halogens is 1. The van der Waals surface area contributed by atoms with E-state index < -0.39 is 5.91 Å². The van der Waals surface area contributed by atoms with Crippen LogP contribution in [0.4, 0.5) is 5.82 Å². The number of carbonyl (C=O) groups excluding carboxylic acids is 1. The van der Waals surface area contributed by atoms with Crippen LogP contribution in [0.2, 0.25) is 5.02 Å². The largest absolute Gasteiger partial charge is 0.378 e. The molecule has 0 fully saturated rings. The lowest BCUT2D eigenvalue weighted by Crippen LogP contribution is -2.22. The molecule has 0 bridgehead atoms. The Balaban J connectivity index is 1.62. The van der Waals surface area contributed by atoms with Crippen LogP contribution in [0.1, 0.15) is 35.1 Å². The van der Waals surface area contributed by atoms with E-state index in [1.807, 2.05) is 49.4 Å². The maximum atomic E-state index is 13.0. The molecule has 168 valence electrons. The molecule has 0 aliphatic rings. The fourth-order valence-corrected chi connectivity index (χ4v) is 3.96. The Hall–Kier alpha value is -3.70. The van der Waals surface area contributed by atoms with Crippen LogP contribution >= 0.6 is 23.4 Å². The van der Waals surface area contributed by atoms with Gasteiger partial charge in [0.15, 0.2) is 5.69 Å². The highest BCUT2D eigenvalue weighted by Crippen LogP contribution is 2.27. The number of amides is 1. The van der Waals surface area contributed by atoms with Crippen molar-refractivity contribution in [3.63, 3.8) is 0 Å². The van der Waals surface area contributed by atoms with Crippen molar-refractivity contribution in [2.45, 2.75) is 24.0 Å². The van der Waals surface area contributed by atoms with Crippen molar-refractivity contribution in [1.29, 1.82) is 0 Å². The van der Waals surface area contributed by atoms with Crippen molar-refractivity contribution in [2.24, 2.45) is 5.10 Å². The van der Waals surface area contributed by atoms with Gasteiger partial charge in [-0.15, -0.1) is 16.9 Å². The van der Waals surface area contributed by atoms with Gasteiger partial charge in [0.25, 0.3) is 5.91 Å². The molecule has 4 rings (SSSR count). The monoisotopic (exact) mass is 482 g/mol. The molecular formula is C21H19ClN8O2S. The quantitative estimate of drug-likeness (QED) is 0.220. The fraction of sp³-hybridized carbons (Fsp3) is 0.143. The van der Waals surface area contributed by atoms with Crippen LogP contribution in [0.15, 0.2) is 69.2 Å². The van der Waals surface area contributed by atoms with Crippen molar-refractivity contribution in [1.82, 2.24) is 30.7 Å². The zero-order chi connectivity index (χ0) is 23.2. The SMILES string of the molecule is CC/C(=N/NC(=O)c1nnn(-c2nonc2N)c1CSc1ccc(Cl)cc1)c1ccccc1. The van der Waals surface area contributed by atoms with Crippen molar-refractivity contribution in [3.8, 4) is 5.82 Å². The Morgan fingerprint density at radius 1 is 1.18 bits per heavy atom. The molecule has 3 N–H and O–H groups in total. The van der Waals surface area contributed by atoms with E-state index in [0.29, 0.717) is 22.9 Å². The van der Waals surface area contributed by atoms with Crippen LogP contribution in [-0.2, 0) is 5.75 Å². The Kier molecular flexibility index (Phi) is 7.01. The van der Waals surface area contributed by atoms with E-state index >= 15 is 0 Å². The molecule has 2 heterocycles. The molecule has 0 saturated carbocycles. The Morgan fingerprint density at radius 3 is 2.61 bits per heavy atom. The van der Waals surface area contributed by atoms with Crippen molar-refractivity contribution >= 4 is 40.8 Å². The average molecular weight is 483 g/mol. The maximum Gasteiger partial charge on any atom is 0.293 e. The first-order chi connectivity index (χ1) is 16.1. The zero-order valence-electron chi connectivity index (χ0n) is 17.5. The van der Waals surface area contributed by atoms with Gasteiger partial charge >= 0.3 is 0 Å². The number of thioether (sulfide) groups is 1. The first-order valence-electron chi connectivity index (χ1n) is 9.90. The topological polar surface area (TPSA) is 137 Å². The summed E-state index contributed by atoms with van der Waals surface area (Å²) in [4.78, 5) is 13.9. The summed E-state index contributed by atoms with van der Waals surface area (Å²) in [7, 11) is 0. The number of hydrogen-bond acceptors (Lipinski definition) is 9. The number of anilines is 1.